The van der Waals surface area contributed by atoms with Crippen molar-refractivity contribution >= 4 is 11.9 Å². The molecule has 0 radical (unpaired) electrons. The molecule has 1 amide bonds. The second-order valence-electron chi connectivity index (χ2n) is 3.90. The van der Waals surface area contributed by atoms with Gasteiger partial charge in [-0.25, -0.2) is 0 Å². The van der Waals surface area contributed by atoms with Crippen LogP contribution in [0.25, 0.3) is 0 Å². The molecule has 0 heterocycles. The first-order valence-electron chi connectivity index (χ1n) is 5.16. The standard InChI is InChI=1S/C10H20N2O3/c1-7(2)11-5-4-9(13)12-6-8(3)10(14)15/h7-8,11H,4-6H2,1-3H3,(H,12,13)(H,14,15). The fraction of sp³-hybridized carbons (Fsp3) is 0.800. The van der Waals surface area contributed by atoms with E-state index >= 15 is 0 Å². The topological polar surface area (TPSA) is 78.4 Å². The molecule has 0 aromatic heterocycles. The van der Waals surface area contributed by atoms with E-state index in [1.54, 1.807) is 6.92 Å². The van der Waals surface area contributed by atoms with Gasteiger partial charge in [-0.3, -0.25) is 9.59 Å². The van der Waals surface area contributed by atoms with Crippen LogP contribution in [0.3, 0.4) is 0 Å². The number of rotatable bonds is 7. The van der Waals surface area contributed by atoms with Gasteiger partial charge in [0.2, 0.25) is 5.91 Å². The van der Waals surface area contributed by atoms with Crippen LogP contribution in [0.2, 0.25) is 0 Å². The lowest BCUT2D eigenvalue weighted by Crippen LogP contribution is -2.34. The monoisotopic (exact) mass is 216 g/mol. The van der Waals surface area contributed by atoms with E-state index in [9.17, 15) is 9.59 Å². The van der Waals surface area contributed by atoms with Crippen molar-refractivity contribution in [1.29, 1.82) is 0 Å². The fourth-order valence-electron chi connectivity index (χ4n) is 0.917. The van der Waals surface area contributed by atoms with Crippen molar-refractivity contribution in [2.75, 3.05) is 13.1 Å². The molecule has 0 saturated heterocycles. The predicted molar refractivity (Wildman–Crippen MR) is 57.6 cm³/mol. The van der Waals surface area contributed by atoms with E-state index in [1.165, 1.54) is 0 Å². The van der Waals surface area contributed by atoms with Gasteiger partial charge in [0.15, 0.2) is 0 Å². The first-order valence-corrected chi connectivity index (χ1v) is 5.16. The van der Waals surface area contributed by atoms with E-state index in [4.69, 9.17) is 5.11 Å². The summed E-state index contributed by atoms with van der Waals surface area (Å²) in [4.78, 5) is 21.7. The van der Waals surface area contributed by atoms with Crippen LogP contribution in [-0.2, 0) is 9.59 Å². The van der Waals surface area contributed by atoms with Crippen molar-refractivity contribution in [2.45, 2.75) is 33.2 Å². The van der Waals surface area contributed by atoms with Crippen LogP contribution in [0.1, 0.15) is 27.2 Å². The fourth-order valence-corrected chi connectivity index (χ4v) is 0.917. The highest BCUT2D eigenvalue weighted by molar-refractivity contribution is 5.77. The minimum Gasteiger partial charge on any atom is -0.481 e. The first kappa shape index (κ1) is 13.9. The van der Waals surface area contributed by atoms with E-state index in [0.29, 0.717) is 19.0 Å². The smallest absolute Gasteiger partial charge is 0.308 e. The maximum absolute atomic E-state index is 11.2. The Kier molecular flexibility index (Phi) is 6.70. The minimum atomic E-state index is -0.893. The Labute approximate surface area is 90.2 Å². The predicted octanol–water partition coefficient (Wildman–Crippen LogP) is 0.211. The van der Waals surface area contributed by atoms with Gasteiger partial charge in [-0.15, -0.1) is 0 Å². The molecule has 0 aromatic rings. The van der Waals surface area contributed by atoms with Crippen LogP contribution in [-0.4, -0.2) is 36.1 Å². The molecule has 88 valence electrons. The van der Waals surface area contributed by atoms with Crippen LogP contribution in [0.4, 0.5) is 0 Å². The van der Waals surface area contributed by atoms with E-state index in [0.717, 1.165) is 0 Å². The Morgan fingerprint density at radius 1 is 1.27 bits per heavy atom. The molecule has 0 fully saturated rings. The Morgan fingerprint density at radius 3 is 2.33 bits per heavy atom. The van der Waals surface area contributed by atoms with E-state index in [1.807, 2.05) is 13.8 Å². The summed E-state index contributed by atoms with van der Waals surface area (Å²) in [5, 5.41) is 14.3. The highest BCUT2D eigenvalue weighted by Gasteiger charge is 2.11. The zero-order valence-electron chi connectivity index (χ0n) is 9.54. The van der Waals surface area contributed by atoms with Crippen molar-refractivity contribution < 1.29 is 14.7 Å². The van der Waals surface area contributed by atoms with E-state index in [-0.39, 0.29) is 12.5 Å². The van der Waals surface area contributed by atoms with Gasteiger partial charge in [-0.1, -0.05) is 20.8 Å². The molecule has 1 unspecified atom stereocenters. The molecule has 0 aliphatic heterocycles. The Morgan fingerprint density at radius 2 is 1.87 bits per heavy atom. The molecule has 0 rings (SSSR count). The van der Waals surface area contributed by atoms with Crippen LogP contribution in [0.15, 0.2) is 0 Å². The van der Waals surface area contributed by atoms with Gasteiger partial charge in [0.05, 0.1) is 5.92 Å². The quantitative estimate of drug-likeness (QED) is 0.568. The molecule has 3 N–H and O–H groups in total. The van der Waals surface area contributed by atoms with E-state index in [2.05, 4.69) is 10.6 Å². The number of carbonyl (C=O) groups excluding carboxylic acids is 1. The normalized spacial score (nSPS) is 12.5. The molecule has 5 nitrogen and oxygen atoms in total. The number of nitrogens with one attached hydrogen (secondary N) is 2. The highest BCUT2D eigenvalue weighted by Crippen LogP contribution is 1.91. The summed E-state index contributed by atoms with van der Waals surface area (Å²) in [5.74, 6) is -1.54. The summed E-state index contributed by atoms with van der Waals surface area (Å²) in [7, 11) is 0. The SMILES string of the molecule is CC(C)NCCC(=O)NCC(C)C(=O)O. The third kappa shape index (κ3) is 7.93. The molecule has 15 heavy (non-hydrogen) atoms. The third-order valence-electron chi connectivity index (χ3n) is 1.93. The zero-order chi connectivity index (χ0) is 11.8. The largest absolute Gasteiger partial charge is 0.481 e. The van der Waals surface area contributed by atoms with Gasteiger partial charge < -0.3 is 15.7 Å². The Bertz CT molecular complexity index is 217. The number of amides is 1. The lowest BCUT2D eigenvalue weighted by Gasteiger charge is -2.10. The molecule has 0 bridgehead atoms. The molecule has 5 heteroatoms. The summed E-state index contributed by atoms with van der Waals surface area (Å²) < 4.78 is 0. The average molecular weight is 216 g/mol. The molecule has 0 saturated carbocycles. The molecule has 0 aliphatic rings. The summed E-state index contributed by atoms with van der Waals surface area (Å²) in [6, 6.07) is 0.357. The van der Waals surface area contributed by atoms with Crippen molar-refractivity contribution in [3.8, 4) is 0 Å². The van der Waals surface area contributed by atoms with Crippen molar-refractivity contribution in [3.63, 3.8) is 0 Å². The van der Waals surface area contributed by atoms with Crippen molar-refractivity contribution in [2.24, 2.45) is 5.92 Å². The van der Waals surface area contributed by atoms with Crippen LogP contribution >= 0.6 is 0 Å². The number of carboxylic acids is 1. The van der Waals surface area contributed by atoms with Gasteiger partial charge in [0, 0.05) is 25.6 Å². The van der Waals surface area contributed by atoms with Crippen LogP contribution < -0.4 is 10.6 Å². The zero-order valence-corrected chi connectivity index (χ0v) is 9.54. The Hall–Kier alpha value is -1.10. The van der Waals surface area contributed by atoms with Crippen LogP contribution in [0.5, 0.6) is 0 Å². The summed E-state index contributed by atoms with van der Waals surface area (Å²) in [5.41, 5.74) is 0. The lowest BCUT2D eigenvalue weighted by atomic mass is 10.2. The van der Waals surface area contributed by atoms with E-state index < -0.39 is 11.9 Å². The number of carbonyl (C=O) groups is 2. The molecule has 0 spiro atoms. The molecule has 0 aromatic carbocycles. The summed E-state index contributed by atoms with van der Waals surface area (Å²) in [6.07, 6.45) is 0.379. The Balaban J connectivity index is 3.53. The number of aliphatic carboxylic acids is 1. The minimum absolute atomic E-state index is 0.115. The van der Waals surface area contributed by atoms with Gasteiger partial charge in [0.25, 0.3) is 0 Å². The van der Waals surface area contributed by atoms with Crippen molar-refractivity contribution in [3.05, 3.63) is 0 Å². The number of hydrogen-bond acceptors (Lipinski definition) is 3. The molecule has 1 atom stereocenters. The second-order valence-corrected chi connectivity index (χ2v) is 3.90. The van der Waals surface area contributed by atoms with Gasteiger partial charge in [0.1, 0.15) is 0 Å². The average Bonchev–Trinajstić information content (AvgIpc) is 2.13. The maximum Gasteiger partial charge on any atom is 0.308 e. The number of hydrogen-bond donors (Lipinski definition) is 3. The summed E-state index contributed by atoms with van der Waals surface area (Å²) >= 11 is 0. The van der Waals surface area contributed by atoms with Gasteiger partial charge >= 0.3 is 5.97 Å². The molecular weight excluding hydrogens is 196 g/mol. The van der Waals surface area contributed by atoms with Crippen LogP contribution in [0, 0.1) is 5.92 Å². The van der Waals surface area contributed by atoms with Gasteiger partial charge in [-0.2, -0.15) is 0 Å². The summed E-state index contributed by atoms with van der Waals surface area (Å²) in [6.45, 7) is 6.38. The first-order chi connectivity index (χ1) is 6.93. The molecular formula is C10H20N2O3. The lowest BCUT2D eigenvalue weighted by molar-refractivity contribution is -0.141. The number of carboxylic acid groups (broad SMARTS) is 1. The third-order valence-corrected chi connectivity index (χ3v) is 1.93. The van der Waals surface area contributed by atoms with Crippen molar-refractivity contribution in [1.82, 2.24) is 10.6 Å². The second kappa shape index (κ2) is 7.23. The maximum atomic E-state index is 11.2. The molecule has 0 aliphatic carbocycles. The van der Waals surface area contributed by atoms with Gasteiger partial charge in [-0.05, 0) is 0 Å². The highest BCUT2D eigenvalue weighted by atomic mass is 16.4.